The number of amides is 1. The van der Waals surface area contributed by atoms with Gasteiger partial charge in [0.05, 0.1) is 4.92 Å². The number of ketones is 1. The van der Waals surface area contributed by atoms with Crippen LogP contribution in [0.15, 0.2) is 29.3 Å². The van der Waals surface area contributed by atoms with Gasteiger partial charge in [-0.25, -0.2) is 4.99 Å². The number of nitrogens with one attached hydrogen (secondary N) is 1. The molecule has 1 aromatic carbocycles. The van der Waals surface area contributed by atoms with Crippen molar-refractivity contribution in [1.82, 2.24) is 5.32 Å². The number of hydrogen-bond acceptors (Lipinski definition) is 5. The molecule has 7 heteroatoms. The molecule has 0 saturated carbocycles. The van der Waals surface area contributed by atoms with Crippen LogP contribution < -0.4 is 5.32 Å². The zero-order valence-electron chi connectivity index (χ0n) is 11.8. The van der Waals surface area contributed by atoms with Crippen LogP contribution in [0, 0.1) is 15.5 Å². The summed E-state index contributed by atoms with van der Waals surface area (Å²) in [5.74, 6) is -0.785. The topological polar surface area (TPSA) is 102 Å². The quantitative estimate of drug-likeness (QED) is 0.665. The van der Waals surface area contributed by atoms with E-state index in [1.54, 1.807) is 6.07 Å². The molecule has 1 amide bonds. The highest BCUT2D eigenvalue weighted by Crippen LogP contribution is 2.30. The molecule has 1 N–H and O–H groups in total. The molecule has 1 aliphatic heterocycles. The van der Waals surface area contributed by atoms with E-state index in [0.717, 1.165) is 0 Å². The summed E-state index contributed by atoms with van der Waals surface area (Å²) in [5.41, 5.74) is -0.623. The largest absolute Gasteiger partial charge is 0.308 e. The Hall–Kier alpha value is -2.57. The maximum Gasteiger partial charge on any atom is 0.294 e. The van der Waals surface area contributed by atoms with Gasteiger partial charge in [0.15, 0.2) is 11.6 Å². The van der Waals surface area contributed by atoms with Gasteiger partial charge in [-0.05, 0) is 11.5 Å². The number of amidine groups is 1. The number of aliphatic imine (C=N–C) groups is 1. The molecule has 1 saturated heterocycles. The van der Waals surface area contributed by atoms with Crippen LogP contribution >= 0.6 is 0 Å². The molecule has 0 unspecified atom stereocenters. The van der Waals surface area contributed by atoms with Crippen molar-refractivity contribution >= 4 is 28.9 Å². The second-order valence-corrected chi connectivity index (χ2v) is 5.70. The number of nitrogens with zero attached hydrogens (tertiary/aromatic N) is 2. The van der Waals surface area contributed by atoms with Gasteiger partial charge in [0.25, 0.3) is 5.69 Å². The lowest BCUT2D eigenvalue weighted by molar-refractivity contribution is -0.384. The molecule has 0 spiro atoms. The van der Waals surface area contributed by atoms with E-state index in [2.05, 4.69) is 10.3 Å². The van der Waals surface area contributed by atoms with Crippen molar-refractivity contribution in [2.45, 2.75) is 26.7 Å². The summed E-state index contributed by atoms with van der Waals surface area (Å²) in [6.07, 6.45) is 0.361. The summed E-state index contributed by atoms with van der Waals surface area (Å²) < 4.78 is 0. The molecule has 21 heavy (non-hydrogen) atoms. The van der Waals surface area contributed by atoms with E-state index >= 15 is 0 Å². The zero-order valence-corrected chi connectivity index (χ0v) is 11.8. The van der Waals surface area contributed by atoms with Crippen LogP contribution in [0.3, 0.4) is 0 Å². The number of hydrogen-bond donors (Lipinski definition) is 1. The molecule has 1 heterocycles. The Morgan fingerprint density at radius 1 is 1.24 bits per heavy atom. The molecule has 0 bridgehead atoms. The fourth-order valence-corrected chi connectivity index (χ4v) is 2.19. The number of carbonyl (C=O) groups is 2. The molecule has 0 aromatic heterocycles. The first-order valence-electron chi connectivity index (χ1n) is 6.44. The zero-order chi connectivity index (χ0) is 15.6. The van der Waals surface area contributed by atoms with E-state index < -0.39 is 10.3 Å². The minimum Gasteiger partial charge on any atom is -0.308 e. The highest BCUT2D eigenvalue weighted by atomic mass is 16.6. The first-order valence-corrected chi connectivity index (χ1v) is 6.44. The number of Topliss-reactive ketones (excluding diaryl/α,β-unsaturated/α-hetero) is 1. The summed E-state index contributed by atoms with van der Waals surface area (Å²) >= 11 is 0. The summed E-state index contributed by atoms with van der Waals surface area (Å²) in [6.45, 7) is 3.64. The number of rotatable bonds is 2. The third kappa shape index (κ3) is 3.50. The standard InChI is InChI=1S/C14H15N3O4/c1-14(2)7-11(18)13(16-12(19)8-14)15-9-5-3-4-6-10(9)17(20)21/h3-6H,7-8H2,1-2H3,(H,15,16,19). The second-order valence-electron chi connectivity index (χ2n) is 5.70. The van der Waals surface area contributed by atoms with E-state index in [9.17, 15) is 19.7 Å². The van der Waals surface area contributed by atoms with Crippen molar-refractivity contribution in [3.05, 3.63) is 34.4 Å². The third-order valence-electron chi connectivity index (χ3n) is 3.11. The van der Waals surface area contributed by atoms with E-state index in [-0.39, 0.29) is 41.7 Å². The van der Waals surface area contributed by atoms with Gasteiger partial charge in [-0.15, -0.1) is 0 Å². The lowest BCUT2D eigenvalue weighted by atomic mass is 9.85. The summed E-state index contributed by atoms with van der Waals surface area (Å²) in [6, 6.07) is 5.82. The van der Waals surface area contributed by atoms with E-state index in [0.29, 0.717) is 0 Å². The summed E-state index contributed by atoms with van der Waals surface area (Å²) in [5, 5.41) is 13.4. The van der Waals surface area contributed by atoms with Gasteiger partial charge in [0, 0.05) is 18.9 Å². The molecule has 0 radical (unpaired) electrons. The Balaban J connectivity index is 2.43. The maximum absolute atomic E-state index is 12.1. The van der Waals surface area contributed by atoms with Crippen molar-refractivity contribution < 1.29 is 14.5 Å². The molecule has 1 aromatic rings. The minimum atomic E-state index is -0.577. The van der Waals surface area contributed by atoms with Crippen molar-refractivity contribution in [3.8, 4) is 0 Å². The molecule has 110 valence electrons. The molecular formula is C14H15N3O4. The highest BCUT2D eigenvalue weighted by Gasteiger charge is 2.32. The number of carbonyl (C=O) groups excluding carboxylic acids is 2. The predicted molar refractivity (Wildman–Crippen MR) is 76.4 cm³/mol. The van der Waals surface area contributed by atoms with Crippen molar-refractivity contribution in [2.75, 3.05) is 0 Å². The third-order valence-corrected chi connectivity index (χ3v) is 3.11. The average Bonchev–Trinajstić information content (AvgIpc) is 2.45. The second kappa shape index (κ2) is 5.43. The number of para-hydroxylation sites is 2. The molecule has 1 aliphatic rings. The SMILES string of the molecule is CC1(C)CC(=O)NC(=Nc2ccccc2[N+](=O)[O-])C(=O)C1. The minimum absolute atomic E-state index is 0.0471. The van der Waals surface area contributed by atoms with Gasteiger partial charge in [-0.3, -0.25) is 19.7 Å². The Kier molecular flexibility index (Phi) is 3.84. The van der Waals surface area contributed by atoms with Gasteiger partial charge in [0.2, 0.25) is 5.91 Å². The molecule has 7 nitrogen and oxygen atoms in total. The van der Waals surface area contributed by atoms with E-state index in [1.807, 2.05) is 13.8 Å². The van der Waals surface area contributed by atoms with Gasteiger partial charge in [0.1, 0.15) is 5.69 Å². The molecule has 0 atom stereocenters. The molecule has 0 aliphatic carbocycles. The predicted octanol–water partition coefficient (Wildman–Crippen LogP) is 2.13. The number of nitro groups is 1. The molecular weight excluding hydrogens is 274 g/mol. The van der Waals surface area contributed by atoms with Gasteiger partial charge < -0.3 is 5.32 Å². The maximum atomic E-state index is 12.1. The summed E-state index contributed by atoms with van der Waals surface area (Å²) in [4.78, 5) is 38.3. The van der Waals surface area contributed by atoms with E-state index in [1.165, 1.54) is 18.2 Å². The van der Waals surface area contributed by atoms with Crippen LogP contribution in [0.4, 0.5) is 11.4 Å². The normalized spacial score (nSPS) is 20.0. The Labute approximate surface area is 121 Å². The van der Waals surface area contributed by atoms with Gasteiger partial charge in [-0.1, -0.05) is 26.0 Å². The van der Waals surface area contributed by atoms with E-state index in [4.69, 9.17) is 0 Å². The Morgan fingerprint density at radius 3 is 2.57 bits per heavy atom. The fourth-order valence-electron chi connectivity index (χ4n) is 2.19. The first-order chi connectivity index (χ1) is 9.78. The molecule has 1 fully saturated rings. The van der Waals surface area contributed by atoms with Crippen LogP contribution in [0.1, 0.15) is 26.7 Å². The smallest absolute Gasteiger partial charge is 0.294 e. The monoisotopic (exact) mass is 289 g/mol. The Bertz CT molecular complexity index is 649. The Morgan fingerprint density at radius 2 is 1.90 bits per heavy atom. The molecule has 2 rings (SSSR count). The van der Waals surface area contributed by atoms with Crippen LogP contribution in [0.5, 0.6) is 0 Å². The number of nitro benzene ring substituents is 1. The van der Waals surface area contributed by atoms with Gasteiger partial charge >= 0.3 is 0 Å². The number of benzene rings is 1. The lowest BCUT2D eigenvalue weighted by Crippen LogP contribution is -2.33. The van der Waals surface area contributed by atoms with Gasteiger partial charge in [-0.2, -0.15) is 0 Å². The fraction of sp³-hybridized carbons (Fsp3) is 0.357. The van der Waals surface area contributed by atoms with Crippen molar-refractivity contribution in [1.29, 1.82) is 0 Å². The first kappa shape index (κ1) is 14.8. The highest BCUT2D eigenvalue weighted by molar-refractivity contribution is 6.42. The van der Waals surface area contributed by atoms with Crippen molar-refractivity contribution in [3.63, 3.8) is 0 Å². The van der Waals surface area contributed by atoms with Crippen LogP contribution in [0.25, 0.3) is 0 Å². The lowest BCUT2D eigenvalue weighted by Gasteiger charge is -2.18. The van der Waals surface area contributed by atoms with Crippen molar-refractivity contribution in [2.24, 2.45) is 10.4 Å². The van der Waals surface area contributed by atoms with Crippen LogP contribution in [0.2, 0.25) is 0 Å². The summed E-state index contributed by atoms with van der Waals surface area (Å²) in [7, 11) is 0. The van der Waals surface area contributed by atoms with Crippen LogP contribution in [-0.4, -0.2) is 22.4 Å². The van der Waals surface area contributed by atoms with Crippen LogP contribution in [-0.2, 0) is 9.59 Å². The average molecular weight is 289 g/mol.